The van der Waals surface area contributed by atoms with E-state index in [1.54, 1.807) is 0 Å². The summed E-state index contributed by atoms with van der Waals surface area (Å²) in [5, 5.41) is 14.1. The minimum absolute atomic E-state index is 0.0547. The Balaban J connectivity index is 1.63. The van der Waals surface area contributed by atoms with Crippen LogP contribution in [-0.4, -0.2) is 22.6 Å². The molecule has 2 aromatic rings. The quantitative estimate of drug-likeness (QED) is 0.746. The van der Waals surface area contributed by atoms with Crippen molar-refractivity contribution in [2.24, 2.45) is 5.92 Å². The molecule has 3 N–H and O–H groups in total. The number of aromatic nitrogens is 2. The van der Waals surface area contributed by atoms with Gasteiger partial charge < -0.3 is 10.6 Å². The van der Waals surface area contributed by atoms with Gasteiger partial charge in [-0.05, 0) is 50.3 Å². The molecule has 128 valence electrons. The van der Waals surface area contributed by atoms with Crippen molar-refractivity contribution >= 4 is 23.2 Å². The molecule has 1 atom stereocenters. The first kappa shape index (κ1) is 17.0. The maximum atomic E-state index is 12.3. The topological polar surface area (TPSA) is 69.8 Å². The van der Waals surface area contributed by atoms with Gasteiger partial charge in [-0.3, -0.25) is 9.89 Å². The molecule has 1 aromatic carbocycles. The second-order valence-corrected chi connectivity index (χ2v) is 6.89. The number of carbonyl (C=O) groups is 1. The number of carbonyl (C=O) groups excluding carboxylic acids is 1. The monoisotopic (exact) mass is 346 g/mol. The lowest BCUT2D eigenvalue weighted by atomic mass is 9.77. The van der Waals surface area contributed by atoms with Gasteiger partial charge in [-0.1, -0.05) is 30.2 Å². The minimum Gasteiger partial charge on any atom is -0.322 e. The molecular formula is C18H23ClN4O. The molecule has 1 saturated carbocycles. The zero-order valence-electron chi connectivity index (χ0n) is 14.0. The highest BCUT2D eigenvalue weighted by Gasteiger charge is 2.28. The number of aryl methyl sites for hydroxylation is 2. The van der Waals surface area contributed by atoms with Gasteiger partial charge in [-0.15, -0.1) is 0 Å². The van der Waals surface area contributed by atoms with Crippen LogP contribution in [-0.2, 0) is 4.79 Å². The number of amides is 1. The first-order chi connectivity index (χ1) is 11.5. The first-order valence-electron chi connectivity index (χ1n) is 8.35. The van der Waals surface area contributed by atoms with E-state index in [1.165, 1.54) is 24.8 Å². The van der Waals surface area contributed by atoms with Gasteiger partial charge in [0, 0.05) is 11.1 Å². The van der Waals surface area contributed by atoms with E-state index < -0.39 is 0 Å². The molecular weight excluding hydrogens is 324 g/mol. The molecule has 1 aliphatic rings. The fraction of sp³-hybridized carbons (Fsp3) is 0.444. The molecule has 0 unspecified atom stereocenters. The molecule has 6 heteroatoms. The summed E-state index contributed by atoms with van der Waals surface area (Å²) in [7, 11) is 0. The molecule has 5 nitrogen and oxygen atoms in total. The summed E-state index contributed by atoms with van der Waals surface area (Å²) >= 11 is 5.99. The summed E-state index contributed by atoms with van der Waals surface area (Å²) in [5.41, 5.74) is 3.63. The second kappa shape index (κ2) is 7.36. The van der Waals surface area contributed by atoms with E-state index in [1.807, 2.05) is 38.1 Å². The largest absolute Gasteiger partial charge is 0.322 e. The fourth-order valence-corrected chi connectivity index (χ4v) is 3.25. The molecule has 1 amide bonds. The Morgan fingerprint density at radius 1 is 1.33 bits per heavy atom. The molecule has 0 saturated heterocycles. The van der Waals surface area contributed by atoms with Crippen LogP contribution in [0, 0.1) is 19.8 Å². The van der Waals surface area contributed by atoms with Crippen LogP contribution in [0.1, 0.15) is 42.3 Å². The lowest BCUT2D eigenvalue weighted by molar-refractivity contribution is -0.115. The summed E-state index contributed by atoms with van der Waals surface area (Å²) in [6.45, 7) is 4.04. The van der Waals surface area contributed by atoms with Gasteiger partial charge in [0.05, 0.1) is 23.6 Å². The van der Waals surface area contributed by atoms with Crippen LogP contribution >= 0.6 is 11.6 Å². The van der Waals surface area contributed by atoms with E-state index in [4.69, 9.17) is 11.6 Å². The third kappa shape index (κ3) is 3.79. The molecule has 0 aliphatic heterocycles. The first-order valence-corrected chi connectivity index (χ1v) is 8.72. The normalized spacial score (nSPS) is 15.8. The van der Waals surface area contributed by atoms with E-state index in [0.717, 1.165) is 22.1 Å². The van der Waals surface area contributed by atoms with Crippen molar-refractivity contribution in [3.05, 3.63) is 46.2 Å². The van der Waals surface area contributed by atoms with Gasteiger partial charge >= 0.3 is 0 Å². The number of benzene rings is 1. The van der Waals surface area contributed by atoms with Crippen LogP contribution in [0.3, 0.4) is 0 Å². The number of aromatic amines is 1. The predicted octanol–water partition coefficient (Wildman–Crippen LogP) is 3.75. The Kier molecular flexibility index (Phi) is 5.21. The number of halogens is 1. The molecule has 1 heterocycles. The number of hydrogen-bond donors (Lipinski definition) is 3. The van der Waals surface area contributed by atoms with Crippen molar-refractivity contribution in [2.75, 3.05) is 11.9 Å². The SMILES string of the molecule is Cc1n[nH]c(C)c1NC(=O)CN[C@@H](c1ccc(Cl)cc1)C1CCC1. The van der Waals surface area contributed by atoms with E-state index >= 15 is 0 Å². The van der Waals surface area contributed by atoms with Crippen molar-refractivity contribution in [1.29, 1.82) is 0 Å². The highest BCUT2D eigenvalue weighted by Crippen LogP contribution is 2.37. The molecule has 0 radical (unpaired) electrons. The molecule has 0 bridgehead atoms. The molecule has 3 rings (SSSR count). The summed E-state index contributed by atoms with van der Waals surface area (Å²) in [5.74, 6) is 0.525. The van der Waals surface area contributed by atoms with Crippen molar-refractivity contribution in [2.45, 2.75) is 39.2 Å². The van der Waals surface area contributed by atoms with Gasteiger partial charge in [0.2, 0.25) is 5.91 Å². The van der Waals surface area contributed by atoms with Crippen LogP contribution < -0.4 is 10.6 Å². The van der Waals surface area contributed by atoms with Crippen LogP contribution in [0.5, 0.6) is 0 Å². The standard InChI is InChI=1S/C18H23ClN4O/c1-11-17(12(2)23-22-11)21-16(24)10-20-18(13-4-3-5-13)14-6-8-15(19)9-7-14/h6-9,13,18,20H,3-5,10H2,1-2H3,(H,21,24)(H,22,23)/t18-/m1/s1. The summed E-state index contributed by atoms with van der Waals surface area (Å²) in [4.78, 5) is 12.3. The minimum atomic E-state index is -0.0547. The van der Waals surface area contributed by atoms with Crippen LogP contribution in [0.15, 0.2) is 24.3 Å². The number of anilines is 1. The van der Waals surface area contributed by atoms with E-state index in [9.17, 15) is 4.79 Å². The molecule has 1 fully saturated rings. The summed E-state index contributed by atoms with van der Waals surface area (Å²) in [6, 6.07) is 8.08. The lowest BCUT2D eigenvalue weighted by Gasteiger charge is -2.34. The Morgan fingerprint density at radius 3 is 2.58 bits per heavy atom. The number of hydrogen-bond acceptors (Lipinski definition) is 3. The van der Waals surface area contributed by atoms with Crippen LogP contribution in [0.2, 0.25) is 5.02 Å². The smallest absolute Gasteiger partial charge is 0.238 e. The maximum Gasteiger partial charge on any atom is 0.238 e. The number of H-pyrrole nitrogens is 1. The third-order valence-corrected chi connectivity index (χ3v) is 4.98. The number of rotatable bonds is 6. The van der Waals surface area contributed by atoms with Gasteiger partial charge in [-0.2, -0.15) is 5.10 Å². The van der Waals surface area contributed by atoms with E-state index in [0.29, 0.717) is 5.92 Å². The Labute approximate surface area is 147 Å². The highest BCUT2D eigenvalue weighted by atomic mass is 35.5. The third-order valence-electron chi connectivity index (χ3n) is 4.73. The Morgan fingerprint density at radius 2 is 2.04 bits per heavy atom. The zero-order chi connectivity index (χ0) is 17.1. The Bertz CT molecular complexity index is 687. The van der Waals surface area contributed by atoms with Crippen molar-refractivity contribution in [3.63, 3.8) is 0 Å². The molecule has 1 aliphatic carbocycles. The number of nitrogens with one attached hydrogen (secondary N) is 3. The zero-order valence-corrected chi connectivity index (χ0v) is 14.8. The van der Waals surface area contributed by atoms with Gasteiger partial charge in [0.1, 0.15) is 0 Å². The van der Waals surface area contributed by atoms with Crippen molar-refractivity contribution in [3.8, 4) is 0 Å². The average molecular weight is 347 g/mol. The van der Waals surface area contributed by atoms with Crippen LogP contribution in [0.25, 0.3) is 0 Å². The summed E-state index contributed by atoms with van der Waals surface area (Å²) in [6.07, 6.45) is 3.65. The van der Waals surface area contributed by atoms with Gasteiger partial charge in [0.25, 0.3) is 0 Å². The molecule has 24 heavy (non-hydrogen) atoms. The lowest BCUT2D eigenvalue weighted by Crippen LogP contribution is -2.37. The van der Waals surface area contributed by atoms with Crippen LogP contribution in [0.4, 0.5) is 5.69 Å². The van der Waals surface area contributed by atoms with Crippen molar-refractivity contribution in [1.82, 2.24) is 15.5 Å². The van der Waals surface area contributed by atoms with Crippen molar-refractivity contribution < 1.29 is 4.79 Å². The van der Waals surface area contributed by atoms with E-state index in [-0.39, 0.29) is 18.5 Å². The predicted molar refractivity (Wildman–Crippen MR) is 96.2 cm³/mol. The Hall–Kier alpha value is -1.85. The highest BCUT2D eigenvalue weighted by molar-refractivity contribution is 6.30. The fourth-order valence-electron chi connectivity index (χ4n) is 3.12. The molecule has 0 spiro atoms. The average Bonchev–Trinajstić information content (AvgIpc) is 2.82. The second-order valence-electron chi connectivity index (χ2n) is 6.46. The van der Waals surface area contributed by atoms with Gasteiger partial charge in [0.15, 0.2) is 0 Å². The summed E-state index contributed by atoms with van der Waals surface area (Å²) < 4.78 is 0. The molecule has 1 aromatic heterocycles. The van der Waals surface area contributed by atoms with Gasteiger partial charge in [-0.25, -0.2) is 0 Å². The van der Waals surface area contributed by atoms with E-state index in [2.05, 4.69) is 20.8 Å². The maximum absolute atomic E-state index is 12.3. The number of nitrogens with zero attached hydrogens (tertiary/aromatic N) is 1.